The molecule has 0 spiro atoms. The summed E-state index contributed by atoms with van der Waals surface area (Å²) >= 11 is 0. The van der Waals surface area contributed by atoms with Crippen molar-refractivity contribution in [2.75, 3.05) is 39.8 Å². The summed E-state index contributed by atoms with van der Waals surface area (Å²) in [5, 5.41) is 3.13. The Morgan fingerprint density at radius 2 is 1.76 bits per heavy atom. The maximum absolute atomic E-state index is 12.5. The maximum atomic E-state index is 12.5. The number of hydrogen-bond acceptors (Lipinski definition) is 3. The van der Waals surface area contributed by atoms with Gasteiger partial charge in [0.25, 0.3) is 5.91 Å². The van der Waals surface area contributed by atoms with Crippen LogP contribution in [0.4, 0.5) is 0 Å². The number of carbonyl (C=O) groups excluding carboxylic acids is 1. The summed E-state index contributed by atoms with van der Waals surface area (Å²) in [5.41, 5.74) is 3.12. The highest BCUT2D eigenvalue weighted by molar-refractivity contribution is 5.94. The molecule has 2 heterocycles. The van der Waals surface area contributed by atoms with E-state index in [1.807, 2.05) is 31.2 Å². The predicted molar refractivity (Wildman–Crippen MR) is 101 cm³/mol. The number of hydrogen-bond donors (Lipinski definition) is 1. The van der Waals surface area contributed by atoms with Gasteiger partial charge in [-0.15, -0.1) is 0 Å². The number of nitrogens with one attached hydrogen (secondary N) is 1. The molecule has 0 aliphatic carbocycles. The lowest BCUT2D eigenvalue weighted by atomic mass is 10.1. The topological polar surface area (TPSA) is 40.5 Å². The number of nitrogens with zero attached hydrogens (tertiary/aromatic N) is 3. The Morgan fingerprint density at radius 1 is 1.08 bits per heavy atom. The molecule has 1 aromatic carbocycles. The monoisotopic (exact) mass is 340 g/mol. The molecule has 1 N–H and O–H groups in total. The van der Waals surface area contributed by atoms with Crippen LogP contribution in [-0.2, 0) is 7.05 Å². The van der Waals surface area contributed by atoms with E-state index in [9.17, 15) is 4.79 Å². The third kappa shape index (κ3) is 4.30. The third-order valence-corrected chi connectivity index (χ3v) is 5.07. The number of amides is 1. The van der Waals surface area contributed by atoms with Crippen molar-refractivity contribution < 1.29 is 4.79 Å². The molecular weight excluding hydrogens is 312 g/mol. The van der Waals surface area contributed by atoms with Gasteiger partial charge in [-0.05, 0) is 38.2 Å². The van der Waals surface area contributed by atoms with Crippen LogP contribution in [0.25, 0.3) is 0 Å². The Hall–Kier alpha value is -2.11. The van der Waals surface area contributed by atoms with Crippen molar-refractivity contribution in [3.63, 3.8) is 0 Å². The van der Waals surface area contributed by atoms with Crippen molar-refractivity contribution in [3.05, 3.63) is 59.4 Å². The molecule has 5 nitrogen and oxygen atoms in total. The molecule has 1 amide bonds. The van der Waals surface area contributed by atoms with E-state index in [2.05, 4.69) is 52.1 Å². The average Bonchev–Trinajstić information content (AvgIpc) is 3.03. The first kappa shape index (κ1) is 17.7. The summed E-state index contributed by atoms with van der Waals surface area (Å²) in [7, 11) is 4.23. The second-order valence-electron chi connectivity index (χ2n) is 6.98. The van der Waals surface area contributed by atoms with Crippen molar-refractivity contribution in [2.45, 2.75) is 13.0 Å². The van der Waals surface area contributed by atoms with Gasteiger partial charge in [-0.2, -0.15) is 0 Å². The van der Waals surface area contributed by atoms with Crippen LogP contribution in [0.5, 0.6) is 0 Å². The molecule has 1 unspecified atom stereocenters. The second-order valence-corrected chi connectivity index (χ2v) is 6.98. The first-order valence-corrected chi connectivity index (χ1v) is 8.93. The summed E-state index contributed by atoms with van der Waals surface area (Å²) in [6.07, 6.45) is 2.07. The predicted octanol–water partition coefficient (Wildman–Crippen LogP) is 2.05. The highest BCUT2D eigenvalue weighted by atomic mass is 16.1. The summed E-state index contributed by atoms with van der Waals surface area (Å²) in [6, 6.07) is 12.1. The minimum atomic E-state index is -0.00617. The Bertz CT molecular complexity index is 699. The van der Waals surface area contributed by atoms with Gasteiger partial charge in [0.15, 0.2) is 0 Å². The van der Waals surface area contributed by atoms with Gasteiger partial charge in [0.2, 0.25) is 0 Å². The Balaban J connectivity index is 1.70. The van der Waals surface area contributed by atoms with E-state index in [4.69, 9.17) is 0 Å². The number of likely N-dealkylation sites (N-methyl/N-ethyl adjacent to an activating group) is 1. The number of aryl methyl sites for hydroxylation is 2. The van der Waals surface area contributed by atoms with Crippen molar-refractivity contribution >= 4 is 5.91 Å². The Labute approximate surface area is 150 Å². The lowest BCUT2D eigenvalue weighted by Gasteiger charge is -2.38. The van der Waals surface area contributed by atoms with Gasteiger partial charge in [-0.3, -0.25) is 9.69 Å². The molecule has 1 aliphatic heterocycles. The van der Waals surface area contributed by atoms with E-state index >= 15 is 0 Å². The van der Waals surface area contributed by atoms with Crippen LogP contribution in [0.2, 0.25) is 0 Å². The van der Waals surface area contributed by atoms with Crippen molar-refractivity contribution in [3.8, 4) is 0 Å². The van der Waals surface area contributed by atoms with Crippen LogP contribution in [-0.4, -0.2) is 60.0 Å². The van der Waals surface area contributed by atoms with E-state index in [1.54, 1.807) is 0 Å². The number of benzene rings is 1. The SMILES string of the molecule is Cc1ccc(C(=O)NCC(c2cccn2C)N2CCN(C)CC2)cc1. The van der Waals surface area contributed by atoms with E-state index in [0.717, 1.165) is 37.3 Å². The number of piperazine rings is 1. The molecular formula is C20H28N4O. The zero-order valence-electron chi connectivity index (χ0n) is 15.4. The molecule has 134 valence electrons. The van der Waals surface area contributed by atoms with Gasteiger partial charge in [-0.25, -0.2) is 0 Å². The quantitative estimate of drug-likeness (QED) is 0.906. The lowest BCUT2D eigenvalue weighted by Crippen LogP contribution is -2.48. The number of aromatic nitrogens is 1. The van der Waals surface area contributed by atoms with Crippen LogP contribution < -0.4 is 5.32 Å². The molecule has 1 aliphatic rings. The van der Waals surface area contributed by atoms with Crippen LogP contribution in [0.3, 0.4) is 0 Å². The molecule has 3 rings (SSSR count). The molecule has 0 radical (unpaired) electrons. The average molecular weight is 340 g/mol. The maximum Gasteiger partial charge on any atom is 0.251 e. The molecule has 1 saturated heterocycles. The zero-order valence-corrected chi connectivity index (χ0v) is 15.4. The van der Waals surface area contributed by atoms with Gasteiger partial charge in [0, 0.05) is 57.2 Å². The fraction of sp³-hybridized carbons (Fsp3) is 0.450. The minimum Gasteiger partial charge on any atom is -0.353 e. The normalized spacial score (nSPS) is 17.4. The smallest absolute Gasteiger partial charge is 0.251 e. The van der Waals surface area contributed by atoms with Gasteiger partial charge in [0.1, 0.15) is 0 Å². The van der Waals surface area contributed by atoms with Crippen LogP contribution in [0.1, 0.15) is 27.7 Å². The van der Waals surface area contributed by atoms with E-state index < -0.39 is 0 Å². The van der Waals surface area contributed by atoms with Crippen molar-refractivity contribution in [2.24, 2.45) is 7.05 Å². The fourth-order valence-corrected chi connectivity index (χ4v) is 3.37. The summed E-state index contributed by atoms with van der Waals surface area (Å²) in [5.74, 6) is -0.00617. The zero-order chi connectivity index (χ0) is 17.8. The number of carbonyl (C=O) groups is 1. The van der Waals surface area contributed by atoms with Gasteiger partial charge in [-0.1, -0.05) is 17.7 Å². The van der Waals surface area contributed by atoms with E-state index in [0.29, 0.717) is 6.54 Å². The highest BCUT2D eigenvalue weighted by Gasteiger charge is 2.26. The van der Waals surface area contributed by atoms with E-state index in [-0.39, 0.29) is 11.9 Å². The van der Waals surface area contributed by atoms with E-state index in [1.165, 1.54) is 5.69 Å². The first-order chi connectivity index (χ1) is 12.0. The standard InChI is InChI=1S/C20H28N4O/c1-16-6-8-17(9-7-16)20(25)21-15-19(18-5-4-10-23(18)3)24-13-11-22(2)12-14-24/h4-10,19H,11-15H2,1-3H3,(H,21,25). The van der Waals surface area contributed by atoms with Gasteiger partial charge in [0.05, 0.1) is 6.04 Å². The summed E-state index contributed by atoms with van der Waals surface area (Å²) in [4.78, 5) is 17.3. The van der Waals surface area contributed by atoms with Crippen molar-refractivity contribution in [1.29, 1.82) is 0 Å². The molecule has 2 aromatic rings. The van der Waals surface area contributed by atoms with Crippen LogP contribution in [0.15, 0.2) is 42.6 Å². The molecule has 1 fully saturated rings. The largest absolute Gasteiger partial charge is 0.353 e. The lowest BCUT2D eigenvalue weighted by molar-refractivity contribution is 0.0877. The fourth-order valence-electron chi connectivity index (χ4n) is 3.37. The summed E-state index contributed by atoms with van der Waals surface area (Å²) in [6.45, 7) is 6.81. The molecule has 25 heavy (non-hydrogen) atoms. The van der Waals surface area contributed by atoms with Crippen LogP contribution >= 0.6 is 0 Å². The van der Waals surface area contributed by atoms with Gasteiger partial charge < -0.3 is 14.8 Å². The summed E-state index contributed by atoms with van der Waals surface area (Å²) < 4.78 is 2.15. The molecule has 1 aromatic heterocycles. The Morgan fingerprint density at radius 3 is 2.36 bits per heavy atom. The second kappa shape index (κ2) is 7.85. The number of rotatable bonds is 5. The Kier molecular flexibility index (Phi) is 5.56. The molecule has 5 heteroatoms. The minimum absolute atomic E-state index is 0.00617. The molecule has 0 bridgehead atoms. The third-order valence-electron chi connectivity index (χ3n) is 5.07. The molecule has 0 saturated carbocycles. The highest BCUT2D eigenvalue weighted by Crippen LogP contribution is 2.22. The first-order valence-electron chi connectivity index (χ1n) is 8.93. The molecule has 1 atom stereocenters. The van der Waals surface area contributed by atoms with Crippen LogP contribution in [0, 0.1) is 6.92 Å². The van der Waals surface area contributed by atoms with Crippen molar-refractivity contribution in [1.82, 2.24) is 19.7 Å². The van der Waals surface area contributed by atoms with Gasteiger partial charge >= 0.3 is 0 Å².